The summed E-state index contributed by atoms with van der Waals surface area (Å²) in [6, 6.07) is 10.8. The van der Waals surface area contributed by atoms with Crippen molar-refractivity contribution in [3.05, 3.63) is 53.9 Å². The van der Waals surface area contributed by atoms with E-state index in [1.165, 1.54) is 12.3 Å². The lowest BCUT2D eigenvalue weighted by Crippen LogP contribution is -2.21. The highest BCUT2D eigenvalue weighted by molar-refractivity contribution is 7.99. The number of carbonyl (C=O) groups is 2. The quantitative estimate of drug-likeness (QED) is 0.911. The second-order valence-electron chi connectivity index (χ2n) is 4.63. The lowest BCUT2D eigenvalue weighted by atomic mass is 10.0. The Bertz CT molecular complexity index is 700. The van der Waals surface area contributed by atoms with E-state index in [0.29, 0.717) is 11.4 Å². The minimum Gasteiger partial charge on any atom is -0.477 e. The van der Waals surface area contributed by atoms with Crippen LogP contribution in [0.25, 0.3) is 0 Å². The van der Waals surface area contributed by atoms with Crippen molar-refractivity contribution in [3.63, 3.8) is 0 Å². The third-order valence-electron chi connectivity index (χ3n) is 3.27. The monoisotopic (exact) mass is 300 g/mol. The highest BCUT2D eigenvalue weighted by Crippen LogP contribution is 2.39. The number of pyridine rings is 1. The molecule has 21 heavy (non-hydrogen) atoms. The van der Waals surface area contributed by atoms with Crippen molar-refractivity contribution < 1.29 is 14.7 Å². The Morgan fingerprint density at radius 2 is 2.05 bits per heavy atom. The third-order valence-corrected chi connectivity index (χ3v) is 4.45. The number of aromatic nitrogens is 1. The molecule has 1 unspecified atom stereocenters. The maximum absolute atomic E-state index is 12.3. The van der Waals surface area contributed by atoms with Crippen molar-refractivity contribution in [1.29, 1.82) is 0 Å². The first-order valence-electron chi connectivity index (χ1n) is 6.37. The summed E-state index contributed by atoms with van der Waals surface area (Å²) in [5, 5.41) is 11.6. The molecule has 0 spiro atoms. The highest BCUT2D eigenvalue weighted by Gasteiger charge is 2.28. The van der Waals surface area contributed by atoms with Gasteiger partial charge in [-0.1, -0.05) is 18.2 Å². The number of rotatable bonds is 3. The summed E-state index contributed by atoms with van der Waals surface area (Å²) >= 11 is 1.67. The molecule has 1 amide bonds. The van der Waals surface area contributed by atoms with Gasteiger partial charge in [0.2, 0.25) is 5.91 Å². The first-order valence-corrected chi connectivity index (χ1v) is 7.35. The normalized spacial score (nSPS) is 16.3. The van der Waals surface area contributed by atoms with Gasteiger partial charge in [-0.15, -0.1) is 11.8 Å². The molecule has 1 aromatic carbocycles. The lowest BCUT2D eigenvalue weighted by Gasteiger charge is -2.11. The molecule has 1 aliphatic rings. The Morgan fingerprint density at radius 3 is 2.76 bits per heavy atom. The van der Waals surface area contributed by atoms with Crippen molar-refractivity contribution >= 4 is 29.3 Å². The van der Waals surface area contributed by atoms with Crippen molar-refractivity contribution in [1.82, 2.24) is 4.98 Å². The summed E-state index contributed by atoms with van der Waals surface area (Å²) in [6.45, 7) is 0. The number of aromatic carboxylic acids is 1. The zero-order chi connectivity index (χ0) is 14.8. The SMILES string of the molecule is O=C(O)c1ccc(NC(=O)C2CSc3ccccc32)cn1. The van der Waals surface area contributed by atoms with Gasteiger partial charge in [0, 0.05) is 10.6 Å². The molecule has 0 saturated carbocycles. The van der Waals surface area contributed by atoms with E-state index < -0.39 is 5.97 Å². The largest absolute Gasteiger partial charge is 0.477 e. The fourth-order valence-electron chi connectivity index (χ4n) is 2.20. The van der Waals surface area contributed by atoms with E-state index in [4.69, 9.17) is 5.11 Å². The van der Waals surface area contributed by atoms with Crippen molar-refractivity contribution in [3.8, 4) is 0 Å². The number of amides is 1. The number of carbonyl (C=O) groups excluding carboxylic acids is 1. The van der Waals surface area contributed by atoms with Crippen LogP contribution in [0.3, 0.4) is 0 Å². The molecule has 1 aliphatic heterocycles. The zero-order valence-corrected chi connectivity index (χ0v) is 11.8. The Morgan fingerprint density at radius 1 is 1.24 bits per heavy atom. The first kappa shape index (κ1) is 13.6. The number of nitrogens with zero attached hydrogens (tertiary/aromatic N) is 1. The second-order valence-corrected chi connectivity index (χ2v) is 5.69. The Kier molecular flexibility index (Phi) is 3.62. The summed E-state index contributed by atoms with van der Waals surface area (Å²) in [6.07, 6.45) is 1.36. The predicted octanol–water partition coefficient (Wildman–Crippen LogP) is 2.61. The molecule has 2 N–H and O–H groups in total. The van der Waals surface area contributed by atoms with E-state index in [1.807, 2.05) is 24.3 Å². The second kappa shape index (κ2) is 5.57. The van der Waals surface area contributed by atoms with E-state index in [9.17, 15) is 9.59 Å². The van der Waals surface area contributed by atoms with Crippen LogP contribution < -0.4 is 5.32 Å². The summed E-state index contributed by atoms with van der Waals surface area (Å²) in [5.74, 6) is -0.664. The van der Waals surface area contributed by atoms with Gasteiger partial charge in [0.15, 0.2) is 0 Å². The molecule has 6 heteroatoms. The molecule has 106 valence electrons. The van der Waals surface area contributed by atoms with Crippen LogP contribution >= 0.6 is 11.8 Å². The van der Waals surface area contributed by atoms with Gasteiger partial charge in [0.1, 0.15) is 5.69 Å². The molecule has 5 nitrogen and oxygen atoms in total. The van der Waals surface area contributed by atoms with Crippen LogP contribution in [0.2, 0.25) is 0 Å². The minimum absolute atomic E-state index is 0.0465. The van der Waals surface area contributed by atoms with Crippen LogP contribution in [0.5, 0.6) is 0 Å². The van der Waals surface area contributed by atoms with Crippen LogP contribution in [-0.2, 0) is 4.79 Å². The van der Waals surface area contributed by atoms with Crippen molar-refractivity contribution in [2.45, 2.75) is 10.8 Å². The van der Waals surface area contributed by atoms with Gasteiger partial charge >= 0.3 is 5.97 Å². The van der Waals surface area contributed by atoms with Gasteiger partial charge in [-0.05, 0) is 23.8 Å². The Hall–Kier alpha value is -2.34. The van der Waals surface area contributed by atoms with E-state index >= 15 is 0 Å². The van der Waals surface area contributed by atoms with Crippen LogP contribution in [0, 0.1) is 0 Å². The molecule has 1 aromatic heterocycles. The summed E-state index contributed by atoms with van der Waals surface area (Å²) in [5.41, 5.74) is 1.49. The van der Waals surface area contributed by atoms with E-state index in [1.54, 1.807) is 17.8 Å². The van der Waals surface area contributed by atoms with Crippen LogP contribution in [0.15, 0.2) is 47.5 Å². The van der Waals surface area contributed by atoms with E-state index in [0.717, 1.165) is 10.5 Å². The topological polar surface area (TPSA) is 79.3 Å². The molecule has 3 rings (SSSR count). The number of anilines is 1. The molecule has 1 atom stereocenters. The number of carboxylic acid groups (broad SMARTS) is 1. The van der Waals surface area contributed by atoms with Gasteiger partial charge < -0.3 is 10.4 Å². The van der Waals surface area contributed by atoms with Gasteiger partial charge in [-0.3, -0.25) is 4.79 Å². The summed E-state index contributed by atoms with van der Waals surface area (Å²) < 4.78 is 0. The number of carboxylic acids is 1. The maximum Gasteiger partial charge on any atom is 0.354 e. The molecular formula is C15H12N2O3S. The van der Waals surface area contributed by atoms with Gasteiger partial charge in [0.25, 0.3) is 0 Å². The zero-order valence-electron chi connectivity index (χ0n) is 10.9. The van der Waals surface area contributed by atoms with Crippen molar-refractivity contribution in [2.24, 2.45) is 0 Å². The maximum atomic E-state index is 12.3. The van der Waals surface area contributed by atoms with Crippen molar-refractivity contribution in [2.75, 3.05) is 11.1 Å². The van der Waals surface area contributed by atoms with E-state index in [2.05, 4.69) is 10.3 Å². The smallest absolute Gasteiger partial charge is 0.354 e. The fraction of sp³-hybridized carbons (Fsp3) is 0.133. The number of benzene rings is 1. The minimum atomic E-state index is -1.09. The molecule has 0 aliphatic carbocycles. The number of hydrogen-bond acceptors (Lipinski definition) is 4. The van der Waals surface area contributed by atoms with Crippen LogP contribution in [0.1, 0.15) is 22.0 Å². The average molecular weight is 300 g/mol. The van der Waals surface area contributed by atoms with E-state index in [-0.39, 0.29) is 17.5 Å². The van der Waals surface area contributed by atoms with Crippen LogP contribution in [0.4, 0.5) is 5.69 Å². The number of hydrogen-bond donors (Lipinski definition) is 2. The van der Waals surface area contributed by atoms with Gasteiger partial charge in [-0.2, -0.15) is 0 Å². The highest BCUT2D eigenvalue weighted by atomic mass is 32.2. The standard InChI is InChI=1S/C15H12N2O3S/c18-14(11-8-21-13-4-2-1-3-10(11)13)17-9-5-6-12(15(19)20)16-7-9/h1-7,11H,8H2,(H,17,18)(H,19,20). The molecular weight excluding hydrogens is 288 g/mol. The first-order chi connectivity index (χ1) is 10.1. The summed E-state index contributed by atoms with van der Waals surface area (Å²) in [7, 11) is 0. The number of fused-ring (bicyclic) bond motifs is 1. The predicted molar refractivity (Wildman–Crippen MR) is 79.7 cm³/mol. The molecule has 0 saturated heterocycles. The lowest BCUT2D eigenvalue weighted by molar-refractivity contribution is -0.117. The summed E-state index contributed by atoms with van der Waals surface area (Å²) in [4.78, 5) is 28.0. The number of thioether (sulfide) groups is 1. The Labute approximate surface area is 125 Å². The number of nitrogens with one attached hydrogen (secondary N) is 1. The Balaban J connectivity index is 1.74. The third kappa shape index (κ3) is 2.75. The molecule has 2 aromatic rings. The molecule has 2 heterocycles. The molecule has 0 radical (unpaired) electrons. The molecule has 0 bridgehead atoms. The average Bonchev–Trinajstić information content (AvgIpc) is 2.92. The fourth-order valence-corrected chi connectivity index (χ4v) is 3.43. The molecule has 0 fully saturated rings. The van der Waals surface area contributed by atoms with Gasteiger partial charge in [-0.25, -0.2) is 9.78 Å². The van der Waals surface area contributed by atoms with Gasteiger partial charge in [0.05, 0.1) is 17.8 Å². The van der Waals surface area contributed by atoms with Crippen LogP contribution in [-0.4, -0.2) is 27.7 Å².